The van der Waals surface area contributed by atoms with Crippen LogP contribution in [-0.4, -0.2) is 28.1 Å². The molecule has 122 valence electrons. The van der Waals surface area contributed by atoms with E-state index in [1.807, 2.05) is 0 Å². The summed E-state index contributed by atoms with van der Waals surface area (Å²) >= 11 is 5.98. The summed E-state index contributed by atoms with van der Waals surface area (Å²) in [4.78, 5) is 34.6. The fourth-order valence-corrected chi connectivity index (χ4v) is 4.12. The van der Waals surface area contributed by atoms with Crippen LogP contribution in [0.2, 0.25) is 5.02 Å². The molecule has 0 radical (unpaired) electrons. The van der Waals surface area contributed by atoms with E-state index in [4.69, 9.17) is 11.6 Å². The number of fused-ring (bicyclic) bond motifs is 1. The number of amides is 1. The van der Waals surface area contributed by atoms with Gasteiger partial charge in [0.1, 0.15) is 0 Å². The number of aliphatic carboxylic acids is 2. The first kappa shape index (κ1) is 15.8. The van der Waals surface area contributed by atoms with E-state index in [-0.39, 0.29) is 30.1 Å². The van der Waals surface area contributed by atoms with Crippen molar-refractivity contribution in [2.45, 2.75) is 12.8 Å². The normalized spacial score (nSPS) is 31.3. The van der Waals surface area contributed by atoms with Gasteiger partial charge in [-0.3, -0.25) is 14.4 Å². The second kappa shape index (κ2) is 5.85. The van der Waals surface area contributed by atoms with Crippen molar-refractivity contribution in [3.8, 4) is 0 Å². The molecule has 0 aromatic heterocycles. The number of carbonyl (C=O) groups is 3. The maximum Gasteiger partial charge on any atom is 0.307 e. The summed E-state index contributed by atoms with van der Waals surface area (Å²) in [7, 11) is 0. The Morgan fingerprint density at radius 3 is 2.43 bits per heavy atom. The standard InChI is InChI=1S/C16H16ClNO5/c17-9-3-1-2-4-10(9)18-11(19)6-7-5-8(15(20)21)13-12(7)14(13)16(22)23/h1-4,7-8,12-14H,5-6H2,(H,18,19)(H,20,21)(H,22,23). The summed E-state index contributed by atoms with van der Waals surface area (Å²) in [5.74, 6) is -4.30. The number of benzene rings is 1. The molecule has 1 aromatic rings. The maximum absolute atomic E-state index is 12.2. The molecule has 2 fully saturated rings. The van der Waals surface area contributed by atoms with Gasteiger partial charge in [0.25, 0.3) is 0 Å². The molecule has 3 rings (SSSR count). The number of halogens is 1. The molecular formula is C16H16ClNO5. The zero-order chi connectivity index (χ0) is 16.7. The lowest BCUT2D eigenvalue weighted by atomic mass is 9.91. The molecule has 0 heterocycles. The van der Waals surface area contributed by atoms with Gasteiger partial charge in [-0.15, -0.1) is 0 Å². The van der Waals surface area contributed by atoms with E-state index in [1.165, 1.54) is 0 Å². The molecule has 7 heteroatoms. The summed E-state index contributed by atoms with van der Waals surface area (Å²) in [5.41, 5.74) is 0.495. The molecule has 0 saturated heterocycles. The summed E-state index contributed by atoms with van der Waals surface area (Å²) in [5, 5.41) is 21.5. The van der Waals surface area contributed by atoms with E-state index < -0.39 is 23.8 Å². The SMILES string of the molecule is O=C(CC1CC(C(=O)O)C2C(C(=O)O)C12)Nc1ccccc1Cl. The van der Waals surface area contributed by atoms with Gasteiger partial charge in [-0.2, -0.15) is 0 Å². The second-order valence-corrected chi connectivity index (χ2v) is 6.60. The Kier molecular flexibility index (Phi) is 4.02. The van der Waals surface area contributed by atoms with Gasteiger partial charge in [-0.1, -0.05) is 23.7 Å². The van der Waals surface area contributed by atoms with Gasteiger partial charge in [-0.25, -0.2) is 0 Å². The van der Waals surface area contributed by atoms with E-state index >= 15 is 0 Å². The van der Waals surface area contributed by atoms with Gasteiger partial charge in [0.05, 0.1) is 22.5 Å². The Hall–Kier alpha value is -2.08. The van der Waals surface area contributed by atoms with Gasteiger partial charge in [-0.05, 0) is 36.3 Å². The summed E-state index contributed by atoms with van der Waals surface area (Å²) in [6.07, 6.45) is 0.463. The minimum atomic E-state index is -0.974. The molecule has 0 bridgehead atoms. The van der Waals surface area contributed by atoms with Crippen molar-refractivity contribution in [2.24, 2.45) is 29.6 Å². The summed E-state index contributed by atoms with van der Waals surface area (Å²) in [6.45, 7) is 0. The fraction of sp³-hybridized carbons (Fsp3) is 0.438. The predicted molar refractivity (Wildman–Crippen MR) is 82.0 cm³/mol. The van der Waals surface area contributed by atoms with Crippen molar-refractivity contribution in [1.29, 1.82) is 0 Å². The number of nitrogens with one attached hydrogen (secondary N) is 1. The van der Waals surface area contributed by atoms with Crippen LogP contribution in [0, 0.1) is 29.6 Å². The van der Waals surface area contributed by atoms with Crippen molar-refractivity contribution in [3.63, 3.8) is 0 Å². The van der Waals surface area contributed by atoms with E-state index in [2.05, 4.69) is 5.32 Å². The lowest BCUT2D eigenvalue weighted by Gasteiger charge is -2.16. The van der Waals surface area contributed by atoms with Crippen LogP contribution < -0.4 is 5.32 Å². The fourth-order valence-electron chi connectivity index (χ4n) is 3.94. The summed E-state index contributed by atoms with van der Waals surface area (Å²) < 4.78 is 0. The van der Waals surface area contributed by atoms with Gasteiger partial charge in [0.2, 0.25) is 5.91 Å². The number of para-hydroxylation sites is 1. The molecule has 5 atom stereocenters. The monoisotopic (exact) mass is 337 g/mol. The number of hydrogen-bond acceptors (Lipinski definition) is 3. The maximum atomic E-state index is 12.2. The largest absolute Gasteiger partial charge is 0.481 e. The second-order valence-electron chi connectivity index (χ2n) is 6.19. The van der Waals surface area contributed by atoms with Crippen LogP contribution in [0.15, 0.2) is 24.3 Å². The Balaban J connectivity index is 1.66. The molecule has 5 unspecified atom stereocenters. The Bertz CT molecular complexity index is 676. The van der Waals surface area contributed by atoms with Crippen LogP contribution in [0.5, 0.6) is 0 Å². The molecule has 1 aromatic carbocycles. The van der Waals surface area contributed by atoms with Crippen LogP contribution in [0.3, 0.4) is 0 Å². The van der Waals surface area contributed by atoms with Crippen molar-refractivity contribution in [3.05, 3.63) is 29.3 Å². The zero-order valence-corrected chi connectivity index (χ0v) is 12.9. The molecule has 6 nitrogen and oxygen atoms in total. The number of carboxylic acids is 2. The highest BCUT2D eigenvalue weighted by Gasteiger charge is 2.67. The third-order valence-electron chi connectivity index (χ3n) is 4.90. The van der Waals surface area contributed by atoms with Crippen molar-refractivity contribution < 1.29 is 24.6 Å². The van der Waals surface area contributed by atoms with Crippen molar-refractivity contribution in [2.75, 3.05) is 5.32 Å². The Labute approximate surface area is 137 Å². The van der Waals surface area contributed by atoms with E-state index in [1.54, 1.807) is 24.3 Å². The van der Waals surface area contributed by atoms with Crippen LogP contribution >= 0.6 is 11.6 Å². The first-order chi connectivity index (χ1) is 10.9. The molecule has 3 N–H and O–H groups in total. The number of carbonyl (C=O) groups excluding carboxylic acids is 1. The quantitative estimate of drug-likeness (QED) is 0.765. The van der Waals surface area contributed by atoms with Crippen LogP contribution in [0.1, 0.15) is 12.8 Å². The average Bonchev–Trinajstić information content (AvgIpc) is 3.11. The minimum Gasteiger partial charge on any atom is -0.481 e. The smallest absolute Gasteiger partial charge is 0.307 e. The number of carboxylic acid groups (broad SMARTS) is 2. The van der Waals surface area contributed by atoms with Crippen molar-refractivity contribution >= 4 is 35.1 Å². The highest BCUT2D eigenvalue weighted by atomic mass is 35.5. The first-order valence-electron chi connectivity index (χ1n) is 7.40. The topological polar surface area (TPSA) is 104 Å². The first-order valence-corrected chi connectivity index (χ1v) is 7.78. The highest BCUT2D eigenvalue weighted by Crippen LogP contribution is 2.64. The third kappa shape index (κ3) is 2.91. The Morgan fingerprint density at radius 1 is 1.13 bits per heavy atom. The molecule has 0 aliphatic heterocycles. The third-order valence-corrected chi connectivity index (χ3v) is 5.23. The Morgan fingerprint density at radius 2 is 1.83 bits per heavy atom. The molecule has 2 aliphatic carbocycles. The van der Waals surface area contributed by atoms with Gasteiger partial charge >= 0.3 is 11.9 Å². The van der Waals surface area contributed by atoms with Crippen LogP contribution in [-0.2, 0) is 14.4 Å². The molecule has 23 heavy (non-hydrogen) atoms. The zero-order valence-electron chi connectivity index (χ0n) is 12.1. The summed E-state index contributed by atoms with van der Waals surface area (Å²) in [6, 6.07) is 6.83. The average molecular weight is 338 g/mol. The molecule has 2 saturated carbocycles. The van der Waals surface area contributed by atoms with Gasteiger partial charge < -0.3 is 15.5 Å². The molecule has 2 aliphatic rings. The van der Waals surface area contributed by atoms with E-state index in [9.17, 15) is 24.6 Å². The van der Waals surface area contributed by atoms with Crippen LogP contribution in [0.4, 0.5) is 5.69 Å². The molecule has 0 spiro atoms. The predicted octanol–water partition coefficient (Wildman–Crippen LogP) is 2.34. The van der Waals surface area contributed by atoms with Crippen molar-refractivity contribution in [1.82, 2.24) is 0 Å². The number of hydrogen-bond donors (Lipinski definition) is 3. The molecular weight excluding hydrogens is 322 g/mol. The number of anilines is 1. The van der Waals surface area contributed by atoms with E-state index in [0.717, 1.165) is 0 Å². The van der Waals surface area contributed by atoms with E-state index in [0.29, 0.717) is 17.1 Å². The lowest BCUT2D eigenvalue weighted by molar-refractivity contribution is -0.144. The van der Waals surface area contributed by atoms with Crippen LogP contribution in [0.25, 0.3) is 0 Å². The number of rotatable bonds is 5. The lowest BCUT2D eigenvalue weighted by Crippen LogP contribution is -2.23. The molecule has 1 amide bonds. The van der Waals surface area contributed by atoms with Gasteiger partial charge in [0, 0.05) is 6.42 Å². The highest BCUT2D eigenvalue weighted by molar-refractivity contribution is 6.33. The van der Waals surface area contributed by atoms with Gasteiger partial charge in [0.15, 0.2) is 0 Å². The minimum absolute atomic E-state index is 0.111.